The number of ether oxygens (including phenoxy) is 1. The maximum atomic E-state index is 12.0. The molecular weight excluding hydrogens is 274 g/mol. The van der Waals surface area contributed by atoms with E-state index in [-0.39, 0.29) is 17.1 Å². The van der Waals surface area contributed by atoms with E-state index in [0.717, 1.165) is 6.42 Å². The fraction of sp³-hybridized carbons (Fsp3) is 0.867. The molecule has 1 amide bonds. The van der Waals surface area contributed by atoms with Crippen molar-refractivity contribution < 1.29 is 14.3 Å². The van der Waals surface area contributed by atoms with E-state index >= 15 is 0 Å². The third-order valence-corrected chi connectivity index (χ3v) is 5.40. The Balaban J connectivity index is 2.27. The van der Waals surface area contributed by atoms with E-state index in [1.807, 2.05) is 6.92 Å². The van der Waals surface area contributed by atoms with Crippen LogP contribution in [0, 0.1) is 11.8 Å². The third kappa shape index (κ3) is 5.73. The molecule has 0 aromatic carbocycles. The Morgan fingerprint density at radius 2 is 2.05 bits per heavy atom. The van der Waals surface area contributed by atoms with Crippen molar-refractivity contribution in [3.63, 3.8) is 0 Å². The van der Waals surface area contributed by atoms with Crippen molar-refractivity contribution in [2.45, 2.75) is 57.7 Å². The number of rotatable bonds is 6. The molecule has 116 valence electrons. The smallest absolute Gasteiger partial charge is 0.306 e. The van der Waals surface area contributed by atoms with Crippen LogP contribution >= 0.6 is 11.8 Å². The van der Waals surface area contributed by atoms with Gasteiger partial charge in [0.2, 0.25) is 5.91 Å². The molecule has 1 rings (SSSR count). The number of methoxy groups -OCH3 is 1. The van der Waals surface area contributed by atoms with Gasteiger partial charge < -0.3 is 10.1 Å². The fourth-order valence-electron chi connectivity index (χ4n) is 2.63. The van der Waals surface area contributed by atoms with Gasteiger partial charge in [0.1, 0.15) is 0 Å². The molecule has 0 aliphatic heterocycles. The molecule has 1 N–H and O–H groups in total. The number of thioether (sulfide) groups is 1. The van der Waals surface area contributed by atoms with Crippen molar-refractivity contribution in [2.24, 2.45) is 11.8 Å². The molecule has 0 saturated heterocycles. The van der Waals surface area contributed by atoms with Gasteiger partial charge in [-0.15, -0.1) is 11.8 Å². The summed E-state index contributed by atoms with van der Waals surface area (Å²) < 4.78 is 4.62. The van der Waals surface area contributed by atoms with Crippen LogP contribution in [0.4, 0.5) is 0 Å². The van der Waals surface area contributed by atoms with Gasteiger partial charge in [-0.2, -0.15) is 0 Å². The molecule has 4 nitrogen and oxygen atoms in total. The highest BCUT2D eigenvalue weighted by Crippen LogP contribution is 2.29. The minimum Gasteiger partial charge on any atom is -0.469 e. The summed E-state index contributed by atoms with van der Waals surface area (Å²) in [6, 6.07) is 0.308. The Morgan fingerprint density at radius 1 is 1.35 bits per heavy atom. The highest BCUT2D eigenvalue weighted by Gasteiger charge is 2.28. The monoisotopic (exact) mass is 301 g/mol. The Bertz CT molecular complexity index is 335. The van der Waals surface area contributed by atoms with Gasteiger partial charge in [0.05, 0.1) is 19.3 Å². The van der Waals surface area contributed by atoms with Crippen molar-refractivity contribution in [3.05, 3.63) is 0 Å². The lowest BCUT2D eigenvalue weighted by atomic mass is 9.78. The zero-order valence-electron chi connectivity index (χ0n) is 13.0. The Morgan fingerprint density at radius 3 is 2.70 bits per heavy atom. The summed E-state index contributed by atoms with van der Waals surface area (Å²) in [6.45, 7) is 6.43. The number of amides is 1. The number of nitrogens with one attached hydrogen (secondary N) is 1. The van der Waals surface area contributed by atoms with Crippen molar-refractivity contribution >= 4 is 23.6 Å². The molecule has 0 radical (unpaired) electrons. The predicted molar refractivity (Wildman–Crippen MR) is 82.7 cm³/mol. The zero-order chi connectivity index (χ0) is 15.1. The van der Waals surface area contributed by atoms with Gasteiger partial charge in [0.25, 0.3) is 0 Å². The Labute approximate surface area is 126 Å². The number of hydrogen-bond acceptors (Lipinski definition) is 4. The van der Waals surface area contributed by atoms with Crippen molar-refractivity contribution in [3.8, 4) is 0 Å². The fourth-order valence-corrected chi connectivity index (χ4v) is 3.40. The molecule has 1 saturated carbocycles. The molecule has 0 aromatic heterocycles. The van der Waals surface area contributed by atoms with Crippen molar-refractivity contribution in [2.75, 3.05) is 12.9 Å². The zero-order valence-corrected chi connectivity index (χ0v) is 13.8. The topological polar surface area (TPSA) is 55.4 Å². The highest BCUT2D eigenvalue weighted by molar-refractivity contribution is 8.00. The average Bonchev–Trinajstić information content (AvgIpc) is 2.41. The van der Waals surface area contributed by atoms with Gasteiger partial charge in [-0.25, -0.2) is 0 Å². The number of carbonyl (C=O) groups is 2. The molecule has 1 fully saturated rings. The van der Waals surface area contributed by atoms with E-state index in [0.29, 0.717) is 30.1 Å². The first-order chi connectivity index (χ1) is 9.43. The van der Waals surface area contributed by atoms with Gasteiger partial charge in [-0.1, -0.05) is 33.6 Å². The largest absolute Gasteiger partial charge is 0.469 e. The first kappa shape index (κ1) is 17.3. The molecule has 20 heavy (non-hydrogen) atoms. The molecule has 1 aliphatic rings. The molecular formula is C15H27NO3S. The highest BCUT2D eigenvalue weighted by atomic mass is 32.2. The third-order valence-electron chi connectivity index (χ3n) is 4.23. The summed E-state index contributed by atoms with van der Waals surface area (Å²) in [5.41, 5.74) is 0. The second kappa shape index (κ2) is 8.55. The van der Waals surface area contributed by atoms with Crippen LogP contribution in [0.15, 0.2) is 0 Å². The van der Waals surface area contributed by atoms with Crippen LogP contribution in [0.25, 0.3) is 0 Å². The second-order valence-corrected chi connectivity index (χ2v) is 7.27. The van der Waals surface area contributed by atoms with E-state index in [2.05, 4.69) is 23.9 Å². The quantitative estimate of drug-likeness (QED) is 0.766. The second-order valence-electron chi connectivity index (χ2n) is 5.84. The van der Waals surface area contributed by atoms with Gasteiger partial charge in [0.15, 0.2) is 0 Å². The van der Waals surface area contributed by atoms with Crippen LogP contribution in [-0.4, -0.2) is 36.0 Å². The van der Waals surface area contributed by atoms with Crippen LogP contribution in [-0.2, 0) is 14.3 Å². The van der Waals surface area contributed by atoms with E-state index in [1.54, 1.807) is 0 Å². The average molecular weight is 301 g/mol. The van der Waals surface area contributed by atoms with Crippen LogP contribution < -0.4 is 5.32 Å². The first-order valence-electron chi connectivity index (χ1n) is 7.41. The predicted octanol–water partition coefficient (Wildman–Crippen LogP) is 2.61. The molecule has 5 heteroatoms. The number of esters is 1. The summed E-state index contributed by atoms with van der Waals surface area (Å²) in [5, 5.41) is 3.25. The van der Waals surface area contributed by atoms with Crippen molar-refractivity contribution in [1.29, 1.82) is 0 Å². The van der Waals surface area contributed by atoms with Crippen LogP contribution in [0.1, 0.15) is 46.5 Å². The van der Waals surface area contributed by atoms with Gasteiger partial charge >= 0.3 is 5.97 Å². The van der Waals surface area contributed by atoms with Crippen LogP contribution in [0.5, 0.6) is 0 Å². The minimum absolute atomic E-state index is 0.0812. The molecule has 0 aromatic rings. The number of carbonyl (C=O) groups excluding carboxylic acids is 2. The lowest BCUT2D eigenvalue weighted by Gasteiger charge is -2.34. The molecule has 4 unspecified atom stereocenters. The Hall–Kier alpha value is -0.710. The maximum absolute atomic E-state index is 12.0. The van der Waals surface area contributed by atoms with E-state index in [1.165, 1.54) is 31.7 Å². The summed E-state index contributed by atoms with van der Waals surface area (Å²) in [4.78, 5) is 23.1. The summed E-state index contributed by atoms with van der Waals surface area (Å²) in [7, 11) is 1.39. The minimum atomic E-state index is -0.222. The molecule has 4 atom stereocenters. The summed E-state index contributed by atoms with van der Waals surface area (Å²) >= 11 is 1.51. The van der Waals surface area contributed by atoms with Crippen molar-refractivity contribution in [1.82, 2.24) is 5.32 Å². The summed E-state index contributed by atoms with van der Waals surface area (Å²) in [6.07, 6.45) is 3.89. The molecule has 1 aliphatic carbocycles. The molecule has 0 spiro atoms. The normalized spacial score (nSPS) is 27.7. The van der Waals surface area contributed by atoms with E-state index in [4.69, 9.17) is 0 Å². The Kier molecular flexibility index (Phi) is 7.41. The van der Waals surface area contributed by atoms with Crippen LogP contribution in [0.2, 0.25) is 0 Å². The van der Waals surface area contributed by atoms with Gasteiger partial charge in [0, 0.05) is 11.3 Å². The first-order valence-corrected chi connectivity index (χ1v) is 8.46. The van der Waals surface area contributed by atoms with E-state index in [9.17, 15) is 9.59 Å². The molecule has 0 bridgehead atoms. The van der Waals surface area contributed by atoms with Gasteiger partial charge in [-0.3, -0.25) is 9.59 Å². The summed E-state index contributed by atoms with van der Waals surface area (Å²) in [5.74, 6) is 1.50. The lowest BCUT2D eigenvalue weighted by Crippen LogP contribution is -2.44. The van der Waals surface area contributed by atoms with Crippen LogP contribution in [0.3, 0.4) is 0 Å². The van der Waals surface area contributed by atoms with Gasteiger partial charge in [-0.05, 0) is 18.3 Å². The standard InChI is InChI=1S/C15H27NO3S/c1-10-6-5-7-13(12(10)3)16-14(17)9-20-11(2)8-15(18)19-4/h10-13H,5-9H2,1-4H3,(H,16,17). The SMILES string of the molecule is COC(=O)CC(C)SCC(=O)NC1CCCC(C)C1C. The number of hydrogen-bond donors (Lipinski definition) is 1. The maximum Gasteiger partial charge on any atom is 0.306 e. The van der Waals surface area contributed by atoms with E-state index < -0.39 is 0 Å². The molecule has 0 heterocycles. The lowest BCUT2D eigenvalue weighted by molar-refractivity contribution is -0.140.